The molecule has 4 N–H and O–H groups in total. The van der Waals surface area contributed by atoms with Crippen LogP contribution in [0.2, 0.25) is 0 Å². The number of likely N-dealkylation sites (N-methyl/N-ethyl adjacent to an activating group) is 1. The lowest BCUT2D eigenvalue weighted by molar-refractivity contribution is -0.0836. The van der Waals surface area contributed by atoms with Gasteiger partial charge >= 0.3 is 0 Å². The van der Waals surface area contributed by atoms with Gasteiger partial charge in [0, 0.05) is 58.9 Å². The molecule has 5 aliphatic rings. The molecule has 0 spiro atoms. The molecular formula is C21H40N6O4S. The van der Waals surface area contributed by atoms with Gasteiger partial charge in [0.2, 0.25) is 10.0 Å². The Morgan fingerprint density at radius 2 is 2.06 bits per heavy atom. The molecule has 0 aromatic carbocycles. The quantitative estimate of drug-likeness (QED) is 0.396. The van der Waals surface area contributed by atoms with Crippen LogP contribution in [0.25, 0.3) is 0 Å². The number of methoxy groups -OCH3 is 1. The van der Waals surface area contributed by atoms with Gasteiger partial charge in [-0.3, -0.25) is 10.9 Å². The predicted molar refractivity (Wildman–Crippen MR) is 121 cm³/mol. The SMILES string of the molecule is CO[C@@]1(C2CCNC(N3CC(S(=O)(=O)NC4CCCC5CNN(C)C54)CN3)C2)CCOC1. The first kappa shape index (κ1) is 23.4. The van der Waals surface area contributed by atoms with E-state index in [4.69, 9.17) is 9.47 Å². The Morgan fingerprint density at radius 1 is 1.19 bits per heavy atom. The molecule has 0 aromatic rings. The van der Waals surface area contributed by atoms with Gasteiger partial charge in [0.05, 0.1) is 18.4 Å². The molecule has 11 heteroatoms. The van der Waals surface area contributed by atoms with Crippen LogP contribution in [0, 0.1) is 11.8 Å². The normalized spacial score (nSPS) is 44.2. The molecule has 4 aliphatic heterocycles. The average Bonchev–Trinajstić information content (AvgIpc) is 3.55. The van der Waals surface area contributed by atoms with E-state index in [0.717, 1.165) is 51.8 Å². The third-order valence-electron chi connectivity index (χ3n) is 8.64. The fraction of sp³-hybridized carbons (Fsp3) is 1.00. The Balaban J connectivity index is 1.20. The van der Waals surface area contributed by atoms with Gasteiger partial charge in [0.25, 0.3) is 0 Å². The number of nitrogens with one attached hydrogen (secondary N) is 4. The van der Waals surface area contributed by atoms with Crippen LogP contribution in [0.4, 0.5) is 0 Å². The lowest BCUT2D eigenvalue weighted by Gasteiger charge is -2.43. The third-order valence-corrected chi connectivity index (χ3v) is 10.5. The van der Waals surface area contributed by atoms with E-state index in [1.54, 1.807) is 7.11 Å². The van der Waals surface area contributed by atoms with Crippen LogP contribution in [-0.4, -0.2) is 101 Å². The van der Waals surface area contributed by atoms with E-state index in [9.17, 15) is 8.42 Å². The molecule has 5 fully saturated rings. The molecule has 0 amide bonds. The lowest BCUT2D eigenvalue weighted by atomic mass is 9.79. The van der Waals surface area contributed by atoms with E-state index in [1.807, 2.05) is 7.05 Å². The van der Waals surface area contributed by atoms with Gasteiger partial charge in [-0.1, -0.05) is 6.42 Å². The van der Waals surface area contributed by atoms with Crippen LogP contribution >= 0.6 is 0 Å². The monoisotopic (exact) mass is 472 g/mol. The van der Waals surface area contributed by atoms with Gasteiger partial charge in [-0.25, -0.2) is 23.2 Å². The van der Waals surface area contributed by atoms with E-state index >= 15 is 0 Å². The number of rotatable bonds is 6. The van der Waals surface area contributed by atoms with Crippen molar-refractivity contribution in [1.29, 1.82) is 0 Å². The van der Waals surface area contributed by atoms with Gasteiger partial charge in [-0.05, 0) is 44.1 Å². The zero-order valence-corrected chi connectivity index (χ0v) is 20.2. The van der Waals surface area contributed by atoms with Crippen molar-refractivity contribution < 1.29 is 17.9 Å². The second-order valence-corrected chi connectivity index (χ2v) is 12.3. The van der Waals surface area contributed by atoms with Crippen LogP contribution in [0.5, 0.6) is 0 Å². The second-order valence-electron chi connectivity index (χ2n) is 10.3. The fourth-order valence-corrected chi connectivity index (χ4v) is 8.24. The highest BCUT2D eigenvalue weighted by atomic mass is 32.2. The van der Waals surface area contributed by atoms with Crippen molar-refractivity contribution in [2.75, 3.05) is 53.6 Å². The topological polar surface area (TPSA) is 107 Å². The zero-order chi connectivity index (χ0) is 22.3. The van der Waals surface area contributed by atoms with Crippen molar-refractivity contribution >= 4 is 10.0 Å². The molecule has 7 atom stereocenters. The maximum absolute atomic E-state index is 13.3. The molecule has 184 valence electrons. The Morgan fingerprint density at radius 3 is 2.84 bits per heavy atom. The van der Waals surface area contributed by atoms with Crippen molar-refractivity contribution in [3.8, 4) is 0 Å². The molecule has 6 unspecified atom stereocenters. The highest BCUT2D eigenvalue weighted by molar-refractivity contribution is 7.90. The first-order chi connectivity index (χ1) is 15.4. The molecule has 0 bridgehead atoms. The highest BCUT2D eigenvalue weighted by Gasteiger charge is 2.47. The van der Waals surface area contributed by atoms with E-state index in [2.05, 4.69) is 30.9 Å². The number of ether oxygens (including phenoxy) is 2. The summed E-state index contributed by atoms with van der Waals surface area (Å²) in [5.74, 6) is 0.928. The summed E-state index contributed by atoms with van der Waals surface area (Å²) < 4.78 is 41.4. The number of sulfonamides is 1. The van der Waals surface area contributed by atoms with Gasteiger partial charge in [0.15, 0.2) is 0 Å². The molecule has 1 aliphatic carbocycles. The molecule has 32 heavy (non-hydrogen) atoms. The van der Waals surface area contributed by atoms with Gasteiger partial charge < -0.3 is 14.8 Å². The van der Waals surface area contributed by atoms with E-state index in [0.29, 0.717) is 31.5 Å². The van der Waals surface area contributed by atoms with Crippen LogP contribution in [0.3, 0.4) is 0 Å². The van der Waals surface area contributed by atoms with Gasteiger partial charge in [-0.15, -0.1) is 0 Å². The molecule has 5 rings (SSSR count). The number of hydrazine groups is 2. The van der Waals surface area contributed by atoms with Crippen LogP contribution in [0.15, 0.2) is 0 Å². The van der Waals surface area contributed by atoms with Crippen molar-refractivity contribution in [3.05, 3.63) is 0 Å². The first-order valence-electron chi connectivity index (χ1n) is 12.3. The van der Waals surface area contributed by atoms with Gasteiger partial charge in [0.1, 0.15) is 5.25 Å². The maximum Gasteiger partial charge on any atom is 0.217 e. The average molecular weight is 473 g/mol. The summed E-state index contributed by atoms with van der Waals surface area (Å²) in [4.78, 5) is 0. The standard InChI is InChI=1S/C21H40N6O4S/c1-26-20-15(11-23-26)4-3-5-18(20)25-32(28,29)17-12-24-27(13-17)19-10-16(6-8-22-19)21(30-2)7-9-31-14-21/h15-20,22-25H,3-14H2,1-2H3/t15?,16?,17?,18?,19?,20?,21-/m0/s1. The van der Waals surface area contributed by atoms with E-state index < -0.39 is 15.3 Å². The number of hydrogen-bond donors (Lipinski definition) is 4. The third kappa shape index (κ3) is 4.36. The first-order valence-corrected chi connectivity index (χ1v) is 13.8. The van der Waals surface area contributed by atoms with Crippen LogP contribution in [-0.2, 0) is 19.5 Å². The minimum atomic E-state index is -3.42. The highest BCUT2D eigenvalue weighted by Crippen LogP contribution is 2.38. The molecule has 1 saturated carbocycles. The predicted octanol–water partition coefficient (Wildman–Crippen LogP) is -0.787. The molecular weight excluding hydrogens is 432 g/mol. The largest absolute Gasteiger partial charge is 0.378 e. The van der Waals surface area contributed by atoms with E-state index in [1.165, 1.54) is 6.42 Å². The van der Waals surface area contributed by atoms with Crippen LogP contribution in [0.1, 0.15) is 38.5 Å². The smallest absolute Gasteiger partial charge is 0.217 e. The Kier molecular flexibility index (Phi) is 6.83. The minimum Gasteiger partial charge on any atom is -0.378 e. The maximum atomic E-state index is 13.3. The van der Waals surface area contributed by atoms with Crippen molar-refractivity contribution in [2.45, 2.75) is 67.6 Å². The number of piperidine rings is 1. The summed E-state index contributed by atoms with van der Waals surface area (Å²) >= 11 is 0. The minimum absolute atomic E-state index is 0.0195. The van der Waals surface area contributed by atoms with Gasteiger partial charge in [-0.2, -0.15) is 0 Å². The zero-order valence-electron chi connectivity index (χ0n) is 19.4. The molecule has 4 heterocycles. The van der Waals surface area contributed by atoms with Crippen molar-refractivity contribution in [3.63, 3.8) is 0 Å². The number of fused-ring (bicyclic) bond motifs is 1. The summed E-state index contributed by atoms with van der Waals surface area (Å²) in [6, 6.07) is 0.220. The Bertz CT molecular complexity index is 761. The summed E-state index contributed by atoms with van der Waals surface area (Å²) in [6.45, 7) is 4.20. The molecule has 10 nitrogen and oxygen atoms in total. The van der Waals surface area contributed by atoms with E-state index in [-0.39, 0.29) is 23.9 Å². The summed E-state index contributed by atoms with van der Waals surface area (Å²) in [5, 5.41) is 7.35. The lowest BCUT2D eigenvalue weighted by Crippen LogP contribution is -2.57. The Hall–Kier alpha value is -0.370. The molecule has 0 radical (unpaired) electrons. The number of hydrogen-bond acceptors (Lipinski definition) is 9. The summed E-state index contributed by atoms with van der Waals surface area (Å²) in [5.41, 5.74) is 6.55. The molecule has 4 saturated heterocycles. The van der Waals surface area contributed by atoms with Crippen molar-refractivity contribution in [2.24, 2.45) is 11.8 Å². The second kappa shape index (κ2) is 9.35. The molecule has 0 aromatic heterocycles. The summed E-state index contributed by atoms with van der Waals surface area (Å²) in [6.07, 6.45) is 6.17. The number of nitrogens with zero attached hydrogens (tertiary/aromatic N) is 2. The van der Waals surface area contributed by atoms with Crippen molar-refractivity contribution in [1.82, 2.24) is 30.9 Å². The Labute approximate surface area is 192 Å². The summed E-state index contributed by atoms with van der Waals surface area (Å²) in [7, 11) is 0.404. The fourth-order valence-electron chi connectivity index (χ4n) is 6.72. The van der Waals surface area contributed by atoms with Crippen LogP contribution < -0.4 is 20.9 Å².